The minimum Gasteiger partial charge on any atom is -0.853 e. The van der Waals surface area contributed by atoms with E-state index < -0.39 is 0 Å². The molecule has 0 aliphatic heterocycles. The van der Waals surface area contributed by atoms with Gasteiger partial charge in [0, 0.05) is 0 Å². The van der Waals surface area contributed by atoms with Gasteiger partial charge in [-0.2, -0.15) is 0 Å². The third-order valence-electron chi connectivity index (χ3n) is 1.57. The van der Waals surface area contributed by atoms with E-state index in [2.05, 4.69) is 6.08 Å². The largest absolute Gasteiger partial charge is 0.853 e. The molecule has 0 saturated heterocycles. The van der Waals surface area contributed by atoms with Crippen molar-refractivity contribution in [2.45, 2.75) is 31.8 Å². The van der Waals surface area contributed by atoms with E-state index in [1.54, 1.807) is 0 Å². The van der Waals surface area contributed by atoms with Gasteiger partial charge < -0.3 is 5.11 Å². The monoisotopic (exact) mass is 124 g/mol. The van der Waals surface area contributed by atoms with E-state index in [0.717, 1.165) is 25.7 Å². The predicted molar refractivity (Wildman–Crippen MR) is 35.7 cm³/mol. The summed E-state index contributed by atoms with van der Waals surface area (Å²) >= 11 is 0. The lowest BCUT2D eigenvalue weighted by atomic mass is 10.0. The fraction of sp³-hybridized carbons (Fsp3) is 0.625. The minimum absolute atomic E-state index is 0.338. The third-order valence-corrected chi connectivity index (χ3v) is 1.57. The van der Waals surface area contributed by atoms with Gasteiger partial charge in [-0.05, 0) is 0 Å². The summed E-state index contributed by atoms with van der Waals surface area (Å²) in [5.41, 5.74) is 0. The van der Waals surface area contributed by atoms with Gasteiger partial charge >= 0.3 is 0 Å². The molecule has 0 spiro atoms. The van der Waals surface area contributed by atoms with Gasteiger partial charge in [-0.15, -0.1) is 18.9 Å². The third kappa shape index (κ3) is 2.56. The highest BCUT2D eigenvalue weighted by Crippen LogP contribution is 2.08. The summed E-state index contributed by atoms with van der Waals surface area (Å²) in [6, 6.07) is 0. The van der Waals surface area contributed by atoms with Crippen molar-refractivity contribution < 1.29 is 5.11 Å². The van der Waals surface area contributed by atoms with E-state index in [1.165, 1.54) is 0 Å². The first-order chi connectivity index (χ1) is 4.39. The van der Waals surface area contributed by atoms with Gasteiger partial charge in [0.1, 0.15) is 0 Å². The highest BCUT2D eigenvalue weighted by atomic mass is 16.3. The van der Waals surface area contributed by atoms with Gasteiger partial charge in [0.25, 0.3) is 0 Å². The molecule has 1 nitrogen and oxygen atoms in total. The summed E-state index contributed by atoms with van der Waals surface area (Å²) in [5, 5.41) is 10.9. The Balaban J connectivity index is 2.27. The Labute approximate surface area is 56.4 Å². The smallest absolute Gasteiger partial charge is 0.0662 e. The molecule has 0 amide bonds. The molecule has 1 atom stereocenters. The van der Waals surface area contributed by atoms with Crippen LogP contribution in [0, 0.1) is 6.42 Å². The van der Waals surface area contributed by atoms with E-state index in [0.29, 0.717) is 0 Å². The molecular weight excluding hydrogens is 112 g/mol. The van der Waals surface area contributed by atoms with Crippen molar-refractivity contribution in [1.29, 1.82) is 0 Å². The normalized spacial score (nSPS) is 31.9. The molecule has 0 bridgehead atoms. The number of hydrogen-bond donors (Lipinski definition) is 0. The zero-order chi connectivity index (χ0) is 6.53. The fourth-order valence-corrected chi connectivity index (χ4v) is 1.00. The van der Waals surface area contributed by atoms with Crippen molar-refractivity contribution >= 4 is 0 Å². The Morgan fingerprint density at radius 2 is 2.44 bits per heavy atom. The van der Waals surface area contributed by atoms with Crippen LogP contribution >= 0.6 is 0 Å². The maximum atomic E-state index is 10.9. The Kier molecular flexibility index (Phi) is 2.65. The summed E-state index contributed by atoms with van der Waals surface area (Å²) in [6.07, 6.45) is 9.48. The van der Waals surface area contributed by atoms with Gasteiger partial charge in [-0.3, -0.25) is 0 Å². The lowest BCUT2D eigenvalue weighted by Crippen LogP contribution is -2.24. The van der Waals surface area contributed by atoms with Crippen LogP contribution in [-0.2, 0) is 0 Å². The fourth-order valence-electron chi connectivity index (χ4n) is 1.00. The summed E-state index contributed by atoms with van der Waals surface area (Å²) in [6.45, 7) is 0. The molecule has 1 rings (SSSR count). The van der Waals surface area contributed by atoms with Crippen LogP contribution in [0.3, 0.4) is 0 Å². The first kappa shape index (κ1) is 6.69. The summed E-state index contributed by atoms with van der Waals surface area (Å²) in [7, 11) is 0. The lowest BCUT2D eigenvalue weighted by Gasteiger charge is -2.25. The van der Waals surface area contributed by atoms with E-state index in [9.17, 15) is 5.11 Å². The molecule has 52 valence electrons. The predicted octanol–water partition coefficient (Wildman–Crippen LogP) is 1.05. The van der Waals surface area contributed by atoms with Crippen LogP contribution in [0.25, 0.3) is 0 Å². The lowest BCUT2D eigenvalue weighted by molar-refractivity contribution is -0.420. The Morgan fingerprint density at radius 3 is 3.33 bits per heavy atom. The van der Waals surface area contributed by atoms with Crippen molar-refractivity contribution in [3.63, 3.8) is 0 Å². The molecule has 0 aromatic heterocycles. The molecule has 1 aliphatic carbocycles. The highest BCUT2D eigenvalue weighted by Gasteiger charge is 1.90. The van der Waals surface area contributed by atoms with Crippen LogP contribution in [0.15, 0.2) is 12.2 Å². The van der Waals surface area contributed by atoms with Crippen LogP contribution in [0.2, 0.25) is 0 Å². The molecule has 0 aromatic carbocycles. The molecular formula is C8H12O-2. The molecule has 9 heavy (non-hydrogen) atoms. The summed E-state index contributed by atoms with van der Waals surface area (Å²) in [4.78, 5) is 0. The average Bonchev–Trinajstić information content (AvgIpc) is 1.79. The zero-order valence-electron chi connectivity index (χ0n) is 5.55. The molecule has 0 aromatic rings. The van der Waals surface area contributed by atoms with Crippen molar-refractivity contribution in [2.24, 2.45) is 0 Å². The SMILES string of the molecule is [O-][C@@H]1C[CH-]/C=C\CCC1. The first-order valence-corrected chi connectivity index (χ1v) is 3.54. The summed E-state index contributed by atoms with van der Waals surface area (Å²) in [5.74, 6) is 0. The summed E-state index contributed by atoms with van der Waals surface area (Å²) < 4.78 is 0. The number of rotatable bonds is 0. The van der Waals surface area contributed by atoms with Gasteiger partial charge in [-0.1, -0.05) is 12.8 Å². The molecule has 1 heteroatoms. The molecule has 0 unspecified atom stereocenters. The number of allylic oxidation sites excluding steroid dienone is 2. The van der Waals surface area contributed by atoms with Crippen molar-refractivity contribution in [2.75, 3.05) is 0 Å². The van der Waals surface area contributed by atoms with Gasteiger partial charge in [0.05, 0.1) is 0 Å². The van der Waals surface area contributed by atoms with Crippen molar-refractivity contribution in [3.05, 3.63) is 18.6 Å². The Morgan fingerprint density at radius 1 is 1.56 bits per heavy atom. The standard InChI is InChI=1S/C8H12O/c9-8-6-4-2-1-3-5-7-8/h1-2,4,8H,3,5-7H2/q-2/b2-1-/t8-/m1/s1. The Bertz CT molecular complexity index is 96.7. The van der Waals surface area contributed by atoms with E-state index in [1.807, 2.05) is 12.5 Å². The number of hydrogen-bond acceptors (Lipinski definition) is 1. The Hall–Kier alpha value is -0.430. The second-order valence-electron chi connectivity index (χ2n) is 2.45. The average molecular weight is 124 g/mol. The minimum atomic E-state index is -0.338. The first-order valence-electron chi connectivity index (χ1n) is 3.54. The van der Waals surface area contributed by atoms with Gasteiger partial charge in [0.2, 0.25) is 0 Å². The maximum absolute atomic E-state index is 10.9. The van der Waals surface area contributed by atoms with Gasteiger partial charge in [0.15, 0.2) is 0 Å². The van der Waals surface area contributed by atoms with Crippen molar-refractivity contribution in [1.82, 2.24) is 0 Å². The van der Waals surface area contributed by atoms with Crippen molar-refractivity contribution in [3.8, 4) is 0 Å². The molecule has 0 N–H and O–H groups in total. The van der Waals surface area contributed by atoms with Crippen LogP contribution in [0.5, 0.6) is 0 Å². The van der Waals surface area contributed by atoms with E-state index in [4.69, 9.17) is 0 Å². The molecule has 0 saturated carbocycles. The second-order valence-corrected chi connectivity index (χ2v) is 2.45. The quantitative estimate of drug-likeness (QED) is 0.443. The topological polar surface area (TPSA) is 23.1 Å². The maximum Gasteiger partial charge on any atom is -0.0662 e. The van der Waals surface area contributed by atoms with E-state index in [-0.39, 0.29) is 6.10 Å². The molecule has 0 radical (unpaired) electrons. The molecule has 0 heterocycles. The van der Waals surface area contributed by atoms with Crippen LogP contribution in [0.4, 0.5) is 0 Å². The second kappa shape index (κ2) is 3.57. The van der Waals surface area contributed by atoms with Crippen LogP contribution in [-0.4, -0.2) is 6.10 Å². The zero-order valence-corrected chi connectivity index (χ0v) is 5.55. The van der Waals surface area contributed by atoms with Crippen LogP contribution < -0.4 is 5.11 Å². The molecule has 0 fully saturated rings. The van der Waals surface area contributed by atoms with Crippen LogP contribution in [0.1, 0.15) is 25.7 Å². The molecule has 1 aliphatic rings. The van der Waals surface area contributed by atoms with Gasteiger partial charge in [-0.25, -0.2) is 18.6 Å². The van der Waals surface area contributed by atoms with E-state index >= 15 is 0 Å². The highest BCUT2D eigenvalue weighted by molar-refractivity contribution is 4.96.